The standard InChI is InChI=1S/C17H28N2O2/c1-13(2)10-18-11-14-7-8-19(12-14)16-9-15(20-3)5-6-17(16)21-4/h5-6,9,13-14,18H,7-8,10-12H2,1-4H3. The van der Waals surface area contributed by atoms with Crippen LogP contribution in [0.2, 0.25) is 0 Å². The van der Waals surface area contributed by atoms with Crippen molar-refractivity contribution in [2.45, 2.75) is 20.3 Å². The average molecular weight is 292 g/mol. The van der Waals surface area contributed by atoms with Gasteiger partial charge in [-0.2, -0.15) is 0 Å². The van der Waals surface area contributed by atoms with E-state index in [0.717, 1.165) is 43.4 Å². The summed E-state index contributed by atoms with van der Waals surface area (Å²) in [6, 6.07) is 6.00. The smallest absolute Gasteiger partial charge is 0.142 e. The van der Waals surface area contributed by atoms with Crippen LogP contribution in [0.25, 0.3) is 0 Å². The summed E-state index contributed by atoms with van der Waals surface area (Å²) >= 11 is 0. The van der Waals surface area contributed by atoms with Gasteiger partial charge in [-0.25, -0.2) is 0 Å². The Hall–Kier alpha value is -1.42. The molecule has 1 N–H and O–H groups in total. The second-order valence-electron chi connectivity index (χ2n) is 6.19. The monoisotopic (exact) mass is 292 g/mol. The Balaban J connectivity index is 1.97. The first-order chi connectivity index (χ1) is 10.1. The molecule has 1 unspecified atom stereocenters. The minimum atomic E-state index is 0.708. The van der Waals surface area contributed by atoms with Gasteiger partial charge in [0, 0.05) is 19.2 Å². The van der Waals surface area contributed by atoms with E-state index in [2.05, 4.69) is 30.1 Å². The molecule has 1 atom stereocenters. The maximum atomic E-state index is 5.49. The molecule has 4 heteroatoms. The molecule has 4 nitrogen and oxygen atoms in total. The number of anilines is 1. The first kappa shape index (κ1) is 16.0. The molecule has 0 saturated carbocycles. The predicted octanol–water partition coefficient (Wildman–Crippen LogP) is 2.78. The zero-order chi connectivity index (χ0) is 15.2. The molecule has 1 saturated heterocycles. The summed E-state index contributed by atoms with van der Waals surface area (Å²) in [6.07, 6.45) is 1.23. The maximum absolute atomic E-state index is 5.49. The van der Waals surface area contributed by atoms with Crippen molar-refractivity contribution in [1.29, 1.82) is 0 Å². The van der Waals surface area contributed by atoms with Crippen molar-refractivity contribution in [3.63, 3.8) is 0 Å². The summed E-state index contributed by atoms with van der Waals surface area (Å²) in [5.74, 6) is 3.22. The molecule has 0 spiro atoms. The summed E-state index contributed by atoms with van der Waals surface area (Å²) in [5.41, 5.74) is 1.14. The van der Waals surface area contributed by atoms with E-state index in [1.165, 1.54) is 6.42 Å². The molecule has 0 amide bonds. The van der Waals surface area contributed by atoms with Crippen molar-refractivity contribution in [1.82, 2.24) is 5.32 Å². The summed E-state index contributed by atoms with van der Waals surface area (Å²) in [4.78, 5) is 2.41. The minimum absolute atomic E-state index is 0.708. The van der Waals surface area contributed by atoms with Gasteiger partial charge in [0.05, 0.1) is 19.9 Å². The highest BCUT2D eigenvalue weighted by Crippen LogP contribution is 2.35. The lowest BCUT2D eigenvalue weighted by atomic mass is 10.1. The number of methoxy groups -OCH3 is 2. The Morgan fingerprint density at radius 2 is 2.10 bits per heavy atom. The van der Waals surface area contributed by atoms with Crippen molar-refractivity contribution in [2.75, 3.05) is 45.3 Å². The number of hydrogen-bond acceptors (Lipinski definition) is 4. The van der Waals surface area contributed by atoms with E-state index in [0.29, 0.717) is 11.8 Å². The van der Waals surface area contributed by atoms with Crippen molar-refractivity contribution in [3.05, 3.63) is 18.2 Å². The Bertz CT molecular complexity index is 448. The average Bonchev–Trinajstić information content (AvgIpc) is 2.95. The van der Waals surface area contributed by atoms with Crippen LogP contribution in [0.5, 0.6) is 11.5 Å². The fraction of sp³-hybridized carbons (Fsp3) is 0.647. The Morgan fingerprint density at radius 3 is 2.76 bits per heavy atom. The van der Waals surface area contributed by atoms with Gasteiger partial charge in [0.15, 0.2) is 0 Å². The molecule has 1 aromatic carbocycles. The molecule has 0 aliphatic carbocycles. The van der Waals surface area contributed by atoms with E-state index >= 15 is 0 Å². The van der Waals surface area contributed by atoms with E-state index in [-0.39, 0.29) is 0 Å². The normalized spacial score (nSPS) is 18.3. The SMILES string of the molecule is COc1ccc(OC)c(N2CCC(CNCC(C)C)C2)c1. The van der Waals surface area contributed by atoms with Crippen LogP contribution in [-0.4, -0.2) is 40.4 Å². The van der Waals surface area contributed by atoms with E-state index in [1.54, 1.807) is 14.2 Å². The van der Waals surface area contributed by atoms with E-state index in [1.807, 2.05) is 12.1 Å². The molecule has 21 heavy (non-hydrogen) atoms. The van der Waals surface area contributed by atoms with Gasteiger partial charge in [0.1, 0.15) is 11.5 Å². The van der Waals surface area contributed by atoms with Crippen LogP contribution in [-0.2, 0) is 0 Å². The summed E-state index contributed by atoms with van der Waals surface area (Å²) < 4.78 is 10.8. The predicted molar refractivity (Wildman–Crippen MR) is 87.6 cm³/mol. The lowest BCUT2D eigenvalue weighted by Gasteiger charge is -2.22. The molecule has 2 rings (SSSR count). The van der Waals surface area contributed by atoms with Gasteiger partial charge in [-0.15, -0.1) is 0 Å². The molecule has 1 aliphatic rings. The molecule has 1 heterocycles. The quantitative estimate of drug-likeness (QED) is 0.838. The highest BCUT2D eigenvalue weighted by atomic mass is 16.5. The first-order valence-corrected chi connectivity index (χ1v) is 7.81. The fourth-order valence-corrected chi connectivity index (χ4v) is 2.84. The summed E-state index contributed by atoms with van der Waals surface area (Å²) in [7, 11) is 3.43. The number of rotatable bonds is 7. The molecule has 1 aromatic rings. The lowest BCUT2D eigenvalue weighted by molar-refractivity contribution is 0.403. The van der Waals surface area contributed by atoms with Crippen LogP contribution in [0.15, 0.2) is 18.2 Å². The van der Waals surface area contributed by atoms with Crippen LogP contribution in [0.1, 0.15) is 20.3 Å². The zero-order valence-electron chi connectivity index (χ0n) is 13.7. The molecule has 0 radical (unpaired) electrons. The van der Waals surface area contributed by atoms with Crippen molar-refractivity contribution >= 4 is 5.69 Å². The van der Waals surface area contributed by atoms with Crippen LogP contribution in [0, 0.1) is 11.8 Å². The van der Waals surface area contributed by atoms with Crippen molar-refractivity contribution in [2.24, 2.45) is 11.8 Å². The fourth-order valence-electron chi connectivity index (χ4n) is 2.84. The van der Waals surface area contributed by atoms with Gasteiger partial charge in [-0.3, -0.25) is 0 Å². The van der Waals surface area contributed by atoms with Crippen molar-refractivity contribution in [3.8, 4) is 11.5 Å². The second kappa shape index (κ2) is 7.55. The lowest BCUT2D eigenvalue weighted by Crippen LogP contribution is -2.28. The van der Waals surface area contributed by atoms with Crippen LogP contribution in [0.3, 0.4) is 0 Å². The number of nitrogens with zero attached hydrogens (tertiary/aromatic N) is 1. The van der Waals surface area contributed by atoms with Gasteiger partial charge in [-0.05, 0) is 43.5 Å². The highest BCUT2D eigenvalue weighted by molar-refractivity contribution is 5.62. The number of hydrogen-bond donors (Lipinski definition) is 1. The third-order valence-electron chi connectivity index (χ3n) is 4.00. The van der Waals surface area contributed by atoms with Crippen molar-refractivity contribution < 1.29 is 9.47 Å². The molecule has 118 valence electrons. The first-order valence-electron chi connectivity index (χ1n) is 7.81. The number of benzene rings is 1. The van der Waals surface area contributed by atoms with Gasteiger partial charge in [0.2, 0.25) is 0 Å². The van der Waals surface area contributed by atoms with Crippen LogP contribution in [0.4, 0.5) is 5.69 Å². The van der Waals surface area contributed by atoms with Gasteiger partial charge >= 0.3 is 0 Å². The van der Waals surface area contributed by atoms with Crippen LogP contribution < -0.4 is 19.7 Å². The molecule has 0 bridgehead atoms. The maximum Gasteiger partial charge on any atom is 0.142 e. The zero-order valence-corrected chi connectivity index (χ0v) is 13.7. The molecule has 1 fully saturated rings. The van der Waals surface area contributed by atoms with Gasteiger partial charge in [-0.1, -0.05) is 13.8 Å². The number of ether oxygens (including phenoxy) is 2. The van der Waals surface area contributed by atoms with Gasteiger partial charge in [0.25, 0.3) is 0 Å². The highest BCUT2D eigenvalue weighted by Gasteiger charge is 2.24. The Labute approximate surface area is 128 Å². The third-order valence-corrected chi connectivity index (χ3v) is 4.00. The largest absolute Gasteiger partial charge is 0.497 e. The van der Waals surface area contributed by atoms with E-state index in [9.17, 15) is 0 Å². The minimum Gasteiger partial charge on any atom is -0.497 e. The van der Waals surface area contributed by atoms with Gasteiger partial charge < -0.3 is 19.7 Å². The molecular formula is C17H28N2O2. The molecule has 1 aliphatic heterocycles. The summed E-state index contributed by atoms with van der Waals surface area (Å²) in [6.45, 7) is 8.84. The van der Waals surface area contributed by atoms with Crippen LogP contribution >= 0.6 is 0 Å². The Morgan fingerprint density at radius 1 is 1.29 bits per heavy atom. The molecule has 0 aromatic heterocycles. The summed E-state index contributed by atoms with van der Waals surface area (Å²) in [5, 5.41) is 3.57. The topological polar surface area (TPSA) is 33.7 Å². The van der Waals surface area contributed by atoms with E-state index < -0.39 is 0 Å². The van der Waals surface area contributed by atoms with E-state index in [4.69, 9.17) is 9.47 Å². The third kappa shape index (κ3) is 4.27. The Kier molecular flexibility index (Phi) is 5.74. The number of nitrogens with one attached hydrogen (secondary N) is 1. The molecular weight excluding hydrogens is 264 g/mol. The second-order valence-corrected chi connectivity index (χ2v) is 6.19.